The van der Waals surface area contributed by atoms with Gasteiger partial charge in [-0.15, -0.1) is 0 Å². The standard InChI is InChI=1S/C21H23F2N3O2S/c1-26-9-3-4-15(12-26)20(27)25-21(29)24-16-5-2-6-17(11-16)28-13-14-7-8-18(22)19(23)10-14/h2,5-8,10-11,15H,3-4,9,12-13H2,1H3,(H2,24,25,27,29). The second-order valence-corrected chi connectivity index (χ2v) is 7.52. The number of anilines is 1. The summed E-state index contributed by atoms with van der Waals surface area (Å²) in [6.07, 6.45) is 1.85. The van der Waals surface area contributed by atoms with Crippen LogP contribution in [-0.2, 0) is 11.4 Å². The van der Waals surface area contributed by atoms with Gasteiger partial charge in [-0.25, -0.2) is 8.78 Å². The summed E-state index contributed by atoms with van der Waals surface area (Å²) in [5.74, 6) is -1.43. The van der Waals surface area contributed by atoms with Crippen LogP contribution in [-0.4, -0.2) is 36.1 Å². The molecule has 5 nitrogen and oxygen atoms in total. The van der Waals surface area contributed by atoms with E-state index in [1.807, 2.05) is 7.05 Å². The number of nitrogens with zero attached hydrogens (tertiary/aromatic N) is 1. The highest BCUT2D eigenvalue weighted by Crippen LogP contribution is 2.20. The Kier molecular flexibility index (Phi) is 7.11. The summed E-state index contributed by atoms with van der Waals surface area (Å²) < 4.78 is 31.9. The molecule has 3 rings (SSSR count). The highest BCUT2D eigenvalue weighted by Gasteiger charge is 2.24. The fraction of sp³-hybridized carbons (Fsp3) is 0.333. The fourth-order valence-corrected chi connectivity index (χ4v) is 3.43. The van der Waals surface area contributed by atoms with Crippen molar-refractivity contribution in [3.63, 3.8) is 0 Å². The van der Waals surface area contributed by atoms with Gasteiger partial charge in [0.2, 0.25) is 5.91 Å². The Balaban J connectivity index is 1.52. The predicted molar refractivity (Wildman–Crippen MR) is 112 cm³/mol. The minimum Gasteiger partial charge on any atom is -0.489 e. The third kappa shape index (κ3) is 6.20. The van der Waals surface area contributed by atoms with Gasteiger partial charge in [0.15, 0.2) is 16.7 Å². The summed E-state index contributed by atoms with van der Waals surface area (Å²) >= 11 is 5.25. The average molecular weight is 419 g/mol. The van der Waals surface area contributed by atoms with Crippen molar-refractivity contribution in [1.29, 1.82) is 0 Å². The number of likely N-dealkylation sites (tertiary alicyclic amines) is 1. The third-order valence-corrected chi connectivity index (χ3v) is 4.92. The van der Waals surface area contributed by atoms with Crippen molar-refractivity contribution in [2.24, 2.45) is 5.92 Å². The molecule has 0 spiro atoms. The molecule has 2 aromatic carbocycles. The van der Waals surface area contributed by atoms with E-state index in [0.29, 0.717) is 17.0 Å². The maximum absolute atomic E-state index is 13.3. The Morgan fingerprint density at radius 3 is 2.83 bits per heavy atom. The molecule has 29 heavy (non-hydrogen) atoms. The van der Waals surface area contributed by atoms with Gasteiger partial charge in [0.05, 0.1) is 5.92 Å². The molecule has 2 N–H and O–H groups in total. The van der Waals surface area contributed by atoms with Gasteiger partial charge < -0.3 is 20.3 Å². The minimum absolute atomic E-state index is 0.0701. The molecule has 1 aliphatic heterocycles. The van der Waals surface area contributed by atoms with Crippen molar-refractivity contribution < 1.29 is 18.3 Å². The number of piperidine rings is 1. The molecule has 0 radical (unpaired) electrons. The summed E-state index contributed by atoms with van der Waals surface area (Å²) in [4.78, 5) is 14.5. The first-order chi connectivity index (χ1) is 13.9. The van der Waals surface area contributed by atoms with E-state index >= 15 is 0 Å². The molecule has 0 aromatic heterocycles. The lowest BCUT2D eigenvalue weighted by Gasteiger charge is -2.28. The molecule has 0 saturated carbocycles. The smallest absolute Gasteiger partial charge is 0.230 e. The minimum atomic E-state index is -0.910. The van der Waals surface area contributed by atoms with Crippen molar-refractivity contribution in [3.05, 3.63) is 59.7 Å². The number of thiocarbonyl (C=S) groups is 1. The molecule has 0 bridgehead atoms. The molecule has 154 valence electrons. The molecule has 1 saturated heterocycles. The van der Waals surface area contributed by atoms with Crippen LogP contribution in [0.3, 0.4) is 0 Å². The second kappa shape index (κ2) is 9.76. The first-order valence-electron chi connectivity index (χ1n) is 9.38. The van der Waals surface area contributed by atoms with Crippen LogP contribution in [0.4, 0.5) is 14.5 Å². The van der Waals surface area contributed by atoms with E-state index in [1.54, 1.807) is 24.3 Å². The number of rotatable bonds is 5. The van der Waals surface area contributed by atoms with Crippen LogP contribution in [0.25, 0.3) is 0 Å². The van der Waals surface area contributed by atoms with E-state index in [9.17, 15) is 13.6 Å². The van der Waals surface area contributed by atoms with Gasteiger partial charge in [-0.3, -0.25) is 4.79 Å². The monoisotopic (exact) mass is 419 g/mol. The third-order valence-electron chi connectivity index (χ3n) is 4.71. The van der Waals surface area contributed by atoms with Crippen LogP contribution in [0.1, 0.15) is 18.4 Å². The van der Waals surface area contributed by atoms with Gasteiger partial charge in [-0.1, -0.05) is 12.1 Å². The molecule has 1 amide bonds. The second-order valence-electron chi connectivity index (χ2n) is 7.11. The Morgan fingerprint density at radius 1 is 1.24 bits per heavy atom. The molecule has 2 aromatic rings. The number of carbonyl (C=O) groups excluding carboxylic acids is 1. The van der Waals surface area contributed by atoms with Crippen LogP contribution >= 0.6 is 12.2 Å². The molecule has 1 unspecified atom stereocenters. The SMILES string of the molecule is CN1CCCC(C(=O)NC(=S)Nc2cccc(OCc3ccc(F)c(F)c3)c2)C1. The highest BCUT2D eigenvalue weighted by atomic mass is 32.1. The van der Waals surface area contributed by atoms with E-state index in [4.69, 9.17) is 17.0 Å². The van der Waals surface area contributed by atoms with Crippen molar-refractivity contribution in [2.75, 3.05) is 25.5 Å². The van der Waals surface area contributed by atoms with Gasteiger partial charge in [-0.05, 0) is 68.5 Å². The van der Waals surface area contributed by atoms with Gasteiger partial charge in [-0.2, -0.15) is 0 Å². The average Bonchev–Trinajstić information content (AvgIpc) is 2.69. The highest BCUT2D eigenvalue weighted by molar-refractivity contribution is 7.80. The molecule has 1 fully saturated rings. The van der Waals surface area contributed by atoms with Gasteiger partial charge >= 0.3 is 0 Å². The van der Waals surface area contributed by atoms with Crippen molar-refractivity contribution in [1.82, 2.24) is 10.2 Å². The van der Waals surface area contributed by atoms with Crippen molar-refractivity contribution >= 4 is 28.9 Å². The zero-order valence-corrected chi connectivity index (χ0v) is 16.9. The number of hydrogen-bond acceptors (Lipinski definition) is 4. The summed E-state index contributed by atoms with van der Waals surface area (Å²) in [5, 5.41) is 5.94. The number of carbonyl (C=O) groups is 1. The Morgan fingerprint density at radius 2 is 2.07 bits per heavy atom. The van der Waals surface area contributed by atoms with E-state index in [-0.39, 0.29) is 23.5 Å². The molecule has 8 heteroatoms. The van der Waals surface area contributed by atoms with E-state index in [2.05, 4.69) is 15.5 Å². The largest absolute Gasteiger partial charge is 0.489 e. The van der Waals surface area contributed by atoms with Crippen LogP contribution in [0.5, 0.6) is 5.75 Å². The van der Waals surface area contributed by atoms with Crippen LogP contribution in [0, 0.1) is 17.6 Å². The summed E-state index contributed by atoms with van der Waals surface area (Å²) in [6.45, 7) is 1.82. The quantitative estimate of drug-likeness (QED) is 0.724. The summed E-state index contributed by atoms with van der Waals surface area (Å²) in [7, 11) is 2.00. The number of amides is 1. The van der Waals surface area contributed by atoms with Gasteiger partial charge in [0.25, 0.3) is 0 Å². The molecule has 1 heterocycles. The fourth-order valence-electron chi connectivity index (χ4n) is 3.22. The lowest BCUT2D eigenvalue weighted by molar-refractivity contribution is -0.125. The Hall–Kier alpha value is -2.58. The van der Waals surface area contributed by atoms with Crippen molar-refractivity contribution in [2.45, 2.75) is 19.4 Å². The number of benzene rings is 2. The Labute approximate surface area is 174 Å². The molecule has 0 aliphatic carbocycles. The molecular weight excluding hydrogens is 396 g/mol. The number of hydrogen-bond donors (Lipinski definition) is 2. The zero-order valence-electron chi connectivity index (χ0n) is 16.1. The Bertz CT molecular complexity index is 894. The van der Waals surface area contributed by atoms with Crippen LogP contribution < -0.4 is 15.4 Å². The van der Waals surface area contributed by atoms with Gasteiger partial charge in [0, 0.05) is 18.3 Å². The van der Waals surface area contributed by atoms with E-state index < -0.39 is 11.6 Å². The lowest BCUT2D eigenvalue weighted by atomic mass is 9.98. The molecule has 1 aliphatic rings. The van der Waals surface area contributed by atoms with Crippen molar-refractivity contribution in [3.8, 4) is 5.75 Å². The number of nitrogens with one attached hydrogen (secondary N) is 2. The van der Waals surface area contributed by atoms with E-state index in [1.165, 1.54) is 6.07 Å². The zero-order chi connectivity index (χ0) is 20.8. The lowest BCUT2D eigenvalue weighted by Crippen LogP contribution is -2.44. The van der Waals surface area contributed by atoms with Crippen LogP contribution in [0.2, 0.25) is 0 Å². The van der Waals surface area contributed by atoms with Gasteiger partial charge in [0.1, 0.15) is 12.4 Å². The first kappa shape index (κ1) is 21.1. The maximum Gasteiger partial charge on any atom is 0.230 e. The summed E-state index contributed by atoms with van der Waals surface area (Å²) in [5.41, 5.74) is 1.17. The maximum atomic E-state index is 13.3. The first-order valence-corrected chi connectivity index (χ1v) is 9.79. The predicted octanol–water partition coefficient (Wildman–Crippen LogP) is 3.70. The molecule has 1 atom stereocenters. The molecular formula is C21H23F2N3O2S. The normalized spacial score (nSPS) is 16.9. The van der Waals surface area contributed by atoms with E-state index in [0.717, 1.165) is 38.1 Å². The number of halogens is 2. The topological polar surface area (TPSA) is 53.6 Å². The number of ether oxygens (including phenoxy) is 1. The summed E-state index contributed by atoms with van der Waals surface area (Å²) in [6, 6.07) is 10.6. The van der Waals surface area contributed by atoms with Crippen LogP contribution in [0.15, 0.2) is 42.5 Å².